The number of aromatic amines is 1. The number of fused-ring (bicyclic) bond motifs is 1. The second-order valence-electron chi connectivity index (χ2n) is 6.96. The maximum Gasteiger partial charge on any atom is 0.356 e. The molecule has 7 heteroatoms. The zero-order valence-electron chi connectivity index (χ0n) is 15.3. The lowest BCUT2D eigenvalue weighted by Crippen LogP contribution is -2.46. The molecular weight excluding hydrogens is 398 g/mol. The maximum atomic E-state index is 12.9. The Morgan fingerprint density at radius 1 is 1.42 bits per heavy atom. The normalized spacial score (nSPS) is 19.3. The van der Waals surface area contributed by atoms with Crippen LogP contribution < -0.4 is 5.32 Å². The SMILES string of the molecule is COC(=O)c1[nH]c2ccc(Br)cc2c1NC(=O)[C@@H](C)N1CCC[C@@H](C)C1. The second-order valence-corrected chi connectivity index (χ2v) is 7.88. The summed E-state index contributed by atoms with van der Waals surface area (Å²) in [6.07, 6.45) is 2.31. The molecule has 0 bridgehead atoms. The molecule has 2 atom stereocenters. The minimum Gasteiger partial charge on any atom is -0.464 e. The van der Waals surface area contributed by atoms with Gasteiger partial charge in [0.1, 0.15) is 5.69 Å². The third kappa shape index (κ3) is 3.78. The van der Waals surface area contributed by atoms with Gasteiger partial charge in [0.25, 0.3) is 0 Å². The molecule has 6 nitrogen and oxygen atoms in total. The van der Waals surface area contributed by atoms with Gasteiger partial charge in [0, 0.05) is 21.9 Å². The van der Waals surface area contributed by atoms with Crippen LogP contribution in [0.25, 0.3) is 10.9 Å². The Labute approximate surface area is 161 Å². The zero-order valence-corrected chi connectivity index (χ0v) is 16.9. The van der Waals surface area contributed by atoms with Crippen molar-refractivity contribution < 1.29 is 14.3 Å². The number of ether oxygens (including phenoxy) is 1. The fraction of sp³-hybridized carbons (Fsp3) is 0.474. The first kappa shape index (κ1) is 18.9. The van der Waals surface area contributed by atoms with Gasteiger partial charge in [0.2, 0.25) is 5.91 Å². The number of anilines is 1. The molecule has 0 saturated carbocycles. The van der Waals surface area contributed by atoms with Crippen molar-refractivity contribution in [3.63, 3.8) is 0 Å². The maximum absolute atomic E-state index is 12.9. The van der Waals surface area contributed by atoms with E-state index in [0.29, 0.717) is 11.6 Å². The van der Waals surface area contributed by atoms with Gasteiger partial charge in [-0.05, 0) is 50.4 Å². The molecule has 0 aliphatic carbocycles. The Morgan fingerprint density at radius 2 is 2.19 bits per heavy atom. The van der Waals surface area contributed by atoms with Crippen LogP contribution in [-0.4, -0.2) is 48.0 Å². The molecule has 1 aliphatic heterocycles. The number of hydrogen-bond acceptors (Lipinski definition) is 4. The number of rotatable bonds is 4. The molecular formula is C19H24BrN3O3. The van der Waals surface area contributed by atoms with Gasteiger partial charge >= 0.3 is 5.97 Å². The molecule has 0 radical (unpaired) electrons. The summed E-state index contributed by atoms with van der Waals surface area (Å²) in [5.41, 5.74) is 1.49. The average Bonchev–Trinajstić information content (AvgIpc) is 2.98. The van der Waals surface area contributed by atoms with E-state index in [0.717, 1.165) is 34.9 Å². The van der Waals surface area contributed by atoms with Crippen LogP contribution in [0.2, 0.25) is 0 Å². The zero-order chi connectivity index (χ0) is 18.8. The Kier molecular flexibility index (Phi) is 5.67. The highest BCUT2D eigenvalue weighted by Gasteiger charge is 2.28. The number of likely N-dealkylation sites (tertiary alicyclic amines) is 1. The van der Waals surface area contributed by atoms with Crippen LogP contribution in [0.15, 0.2) is 22.7 Å². The molecule has 3 rings (SSSR count). The molecule has 1 aromatic heterocycles. The lowest BCUT2D eigenvalue weighted by Gasteiger charge is -2.34. The Balaban J connectivity index is 1.90. The van der Waals surface area contributed by atoms with Crippen molar-refractivity contribution in [2.45, 2.75) is 32.7 Å². The van der Waals surface area contributed by atoms with E-state index in [2.05, 4.69) is 38.1 Å². The van der Waals surface area contributed by atoms with Gasteiger partial charge in [-0.3, -0.25) is 9.69 Å². The van der Waals surface area contributed by atoms with Crippen molar-refractivity contribution in [2.24, 2.45) is 5.92 Å². The van der Waals surface area contributed by atoms with Crippen molar-refractivity contribution in [3.05, 3.63) is 28.4 Å². The molecule has 2 aromatic rings. The summed E-state index contributed by atoms with van der Waals surface area (Å²) < 4.78 is 5.73. The molecule has 1 aliphatic rings. The van der Waals surface area contributed by atoms with E-state index >= 15 is 0 Å². The van der Waals surface area contributed by atoms with Crippen molar-refractivity contribution in [2.75, 3.05) is 25.5 Å². The minimum atomic E-state index is -0.508. The van der Waals surface area contributed by atoms with Crippen molar-refractivity contribution in [3.8, 4) is 0 Å². The number of aromatic nitrogens is 1. The molecule has 1 fully saturated rings. The molecule has 140 valence electrons. The standard InChI is InChI=1S/C19H24BrN3O3/c1-11-5-4-8-23(10-11)12(2)18(24)22-16-14-9-13(20)6-7-15(14)21-17(16)19(25)26-3/h6-7,9,11-12,21H,4-5,8,10H2,1-3H3,(H,22,24)/t11-,12-/m1/s1. The number of carbonyl (C=O) groups excluding carboxylic acids is 2. The van der Waals surface area contributed by atoms with E-state index in [1.807, 2.05) is 25.1 Å². The van der Waals surface area contributed by atoms with Gasteiger partial charge in [-0.1, -0.05) is 22.9 Å². The summed E-state index contributed by atoms with van der Waals surface area (Å²) in [7, 11) is 1.33. The number of nitrogens with one attached hydrogen (secondary N) is 2. The third-order valence-electron chi connectivity index (χ3n) is 5.01. The van der Waals surface area contributed by atoms with Crippen LogP contribution >= 0.6 is 15.9 Å². The first-order chi connectivity index (χ1) is 12.4. The molecule has 2 heterocycles. The smallest absolute Gasteiger partial charge is 0.356 e. The lowest BCUT2D eigenvalue weighted by molar-refractivity contribution is -0.121. The van der Waals surface area contributed by atoms with Gasteiger partial charge in [0.05, 0.1) is 18.8 Å². The number of esters is 1. The molecule has 1 saturated heterocycles. The van der Waals surface area contributed by atoms with Crippen LogP contribution in [0.3, 0.4) is 0 Å². The minimum absolute atomic E-state index is 0.120. The van der Waals surface area contributed by atoms with Gasteiger partial charge in [-0.2, -0.15) is 0 Å². The van der Waals surface area contributed by atoms with E-state index in [4.69, 9.17) is 4.74 Å². The molecule has 0 unspecified atom stereocenters. The van der Waals surface area contributed by atoms with Gasteiger partial charge in [-0.15, -0.1) is 0 Å². The summed E-state index contributed by atoms with van der Waals surface area (Å²) in [4.78, 5) is 30.3. The fourth-order valence-corrected chi connectivity index (χ4v) is 3.88. The summed E-state index contributed by atoms with van der Waals surface area (Å²) in [6, 6.07) is 5.35. The first-order valence-corrected chi connectivity index (χ1v) is 9.64. The number of methoxy groups -OCH3 is 1. The predicted octanol–water partition coefficient (Wildman–Crippen LogP) is 3.78. The largest absolute Gasteiger partial charge is 0.464 e. The number of nitrogens with zero attached hydrogens (tertiary/aromatic N) is 1. The number of carbonyl (C=O) groups is 2. The van der Waals surface area contributed by atoms with Crippen LogP contribution in [0.1, 0.15) is 37.2 Å². The fourth-order valence-electron chi connectivity index (χ4n) is 3.52. The highest BCUT2D eigenvalue weighted by molar-refractivity contribution is 9.10. The van der Waals surface area contributed by atoms with Crippen LogP contribution in [0.4, 0.5) is 5.69 Å². The number of H-pyrrole nitrogens is 1. The predicted molar refractivity (Wildman–Crippen MR) is 105 cm³/mol. The number of halogens is 1. The Bertz CT molecular complexity index is 833. The number of benzene rings is 1. The molecule has 2 N–H and O–H groups in total. The molecule has 1 aromatic carbocycles. The van der Waals surface area contributed by atoms with Crippen LogP contribution in [-0.2, 0) is 9.53 Å². The molecule has 0 spiro atoms. The Hall–Kier alpha value is -1.86. The van der Waals surface area contributed by atoms with E-state index in [1.54, 1.807) is 0 Å². The number of amides is 1. The topological polar surface area (TPSA) is 74.4 Å². The van der Waals surface area contributed by atoms with Gasteiger partial charge in [-0.25, -0.2) is 4.79 Å². The van der Waals surface area contributed by atoms with E-state index < -0.39 is 5.97 Å². The highest BCUT2D eigenvalue weighted by Crippen LogP contribution is 2.31. The average molecular weight is 422 g/mol. The van der Waals surface area contributed by atoms with Crippen molar-refractivity contribution >= 4 is 44.4 Å². The summed E-state index contributed by atoms with van der Waals surface area (Å²) in [5.74, 6) is -0.0364. The summed E-state index contributed by atoms with van der Waals surface area (Å²) in [6.45, 7) is 5.96. The van der Waals surface area contributed by atoms with Gasteiger partial charge in [0.15, 0.2) is 0 Å². The quantitative estimate of drug-likeness (QED) is 0.736. The lowest BCUT2D eigenvalue weighted by atomic mass is 9.99. The summed E-state index contributed by atoms with van der Waals surface area (Å²) in [5, 5.41) is 3.73. The monoisotopic (exact) mass is 421 g/mol. The second kappa shape index (κ2) is 7.80. The molecule has 1 amide bonds. The molecule has 26 heavy (non-hydrogen) atoms. The van der Waals surface area contributed by atoms with Crippen molar-refractivity contribution in [1.82, 2.24) is 9.88 Å². The Morgan fingerprint density at radius 3 is 2.88 bits per heavy atom. The summed E-state index contributed by atoms with van der Waals surface area (Å²) >= 11 is 3.44. The first-order valence-electron chi connectivity index (χ1n) is 8.85. The van der Waals surface area contributed by atoms with Crippen LogP contribution in [0.5, 0.6) is 0 Å². The number of hydrogen-bond donors (Lipinski definition) is 2. The van der Waals surface area contributed by atoms with Crippen molar-refractivity contribution in [1.29, 1.82) is 0 Å². The highest BCUT2D eigenvalue weighted by atomic mass is 79.9. The van der Waals surface area contributed by atoms with E-state index in [1.165, 1.54) is 13.5 Å². The number of piperidine rings is 1. The van der Waals surface area contributed by atoms with E-state index in [9.17, 15) is 9.59 Å². The van der Waals surface area contributed by atoms with Gasteiger partial charge < -0.3 is 15.0 Å². The van der Waals surface area contributed by atoms with Crippen LogP contribution in [0, 0.1) is 5.92 Å². The third-order valence-corrected chi connectivity index (χ3v) is 5.51. The van der Waals surface area contributed by atoms with E-state index in [-0.39, 0.29) is 17.6 Å².